The van der Waals surface area contributed by atoms with Crippen molar-refractivity contribution in [2.75, 3.05) is 20.3 Å². The van der Waals surface area contributed by atoms with E-state index in [4.69, 9.17) is 15.2 Å². The molecular formula is C10H20N2O2. The highest BCUT2D eigenvalue weighted by atomic mass is 16.5. The lowest BCUT2D eigenvalue weighted by atomic mass is 10.3. The number of nitrogens with two attached hydrogens (primary N) is 1. The van der Waals surface area contributed by atoms with Crippen LogP contribution in [-0.2, 0) is 9.47 Å². The fourth-order valence-corrected chi connectivity index (χ4v) is 0.907. The first-order valence-electron chi connectivity index (χ1n) is 4.87. The molecule has 1 unspecified atom stereocenters. The van der Waals surface area contributed by atoms with Gasteiger partial charge in [-0.1, -0.05) is 13.8 Å². The van der Waals surface area contributed by atoms with Gasteiger partial charge in [-0.2, -0.15) is 0 Å². The Morgan fingerprint density at radius 2 is 2.29 bits per heavy atom. The van der Waals surface area contributed by atoms with Gasteiger partial charge in [0, 0.05) is 18.9 Å². The molecule has 0 aromatic heterocycles. The van der Waals surface area contributed by atoms with Crippen LogP contribution in [0.25, 0.3) is 0 Å². The highest BCUT2D eigenvalue weighted by molar-refractivity contribution is 5.93. The van der Waals surface area contributed by atoms with Gasteiger partial charge in [0.25, 0.3) is 0 Å². The van der Waals surface area contributed by atoms with Gasteiger partial charge < -0.3 is 15.2 Å². The summed E-state index contributed by atoms with van der Waals surface area (Å²) in [5.74, 6) is 0.630. The van der Waals surface area contributed by atoms with Gasteiger partial charge >= 0.3 is 0 Å². The van der Waals surface area contributed by atoms with Crippen LogP contribution >= 0.6 is 0 Å². The summed E-state index contributed by atoms with van der Waals surface area (Å²) < 4.78 is 10.4. The molecule has 0 spiro atoms. The van der Waals surface area contributed by atoms with Crippen molar-refractivity contribution in [3.8, 4) is 0 Å². The Balaban J connectivity index is 0.000000791. The standard InChI is InChI=1S/C8H14N2O2.C2H6/c1-6(3-9)8-10-4-7(11-2)5-12-8;1-2/h3,7H,4-5,9H2,1-2H3;1-2H3/b6-3-;. The molecule has 1 rings (SSSR count). The molecule has 1 heterocycles. The van der Waals surface area contributed by atoms with Crippen molar-refractivity contribution in [2.24, 2.45) is 10.7 Å². The SMILES string of the molecule is CC.COC1CN=C(/C(C)=C\N)OC1. The van der Waals surface area contributed by atoms with E-state index in [1.54, 1.807) is 7.11 Å². The number of hydrogen-bond acceptors (Lipinski definition) is 4. The van der Waals surface area contributed by atoms with Gasteiger partial charge in [-0.3, -0.25) is 0 Å². The number of methoxy groups -OCH3 is 1. The summed E-state index contributed by atoms with van der Waals surface area (Å²) in [5, 5.41) is 0. The van der Waals surface area contributed by atoms with Gasteiger partial charge in [-0.05, 0) is 6.92 Å². The minimum atomic E-state index is 0.0827. The van der Waals surface area contributed by atoms with Crippen LogP contribution in [0.5, 0.6) is 0 Å². The second-order valence-corrected chi connectivity index (χ2v) is 2.66. The van der Waals surface area contributed by atoms with E-state index in [0.717, 1.165) is 5.57 Å². The number of hydrogen-bond donors (Lipinski definition) is 1. The zero-order valence-electron chi connectivity index (χ0n) is 9.41. The molecule has 0 aromatic rings. The molecule has 0 fully saturated rings. The van der Waals surface area contributed by atoms with Crippen molar-refractivity contribution >= 4 is 5.90 Å². The number of aliphatic imine (C=N–C) groups is 1. The summed E-state index contributed by atoms with van der Waals surface area (Å²) in [6.07, 6.45) is 1.57. The maximum absolute atomic E-state index is 5.32. The van der Waals surface area contributed by atoms with Crippen molar-refractivity contribution in [3.63, 3.8) is 0 Å². The van der Waals surface area contributed by atoms with Crippen LogP contribution in [0, 0.1) is 0 Å². The van der Waals surface area contributed by atoms with Gasteiger partial charge in [0.15, 0.2) is 0 Å². The average molecular weight is 200 g/mol. The monoisotopic (exact) mass is 200 g/mol. The molecule has 0 radical (unpaired) electrons. The summed E-state index contributed by atoms with van der Waals surface area (Å²) >= 11 is 0. The first-order valence-corrected chi connectivity index (χ1v) is 4.87. The molecule has 0 saturated carbocycles. The summed E-state index contributed by atoms with van der Waals surface area (Å²) in [4.78, 5) is 4.17. The Morgan fingerprint density at radius 3 is 2.64 bits per heavy atom. The fourth-order valence-electron chi connectivity index (χ4n) is 0.907. The van der Waals surface area contributed by atoms with Crippen LogP contribution in [0.15, 0.2) is 16.8 Å². The van der Waals surface area contributed by atoms with E-state index in [0.29, 0.717) is 19.0 Å². The molecular weight excluding hydrogens is 180 g/mol. The molecule has 2 N–H and O–H groups in total. The van der Waals surface area contributed by atoms with Crippen LogP contribution in [0.1, 0.15) is 20.8 Å². The van der Waals surface area contributed by atoms with Crippen molar-refractivity contribution in [1.82, 2.24) is 0 Å². The Labute approximate surface area is 85.8 Å². The normalized spacial score (nSPS) is 21.6. The van der Waals surface area contributed by atoms with E-state index < -0.39 is 0 Å². The lowest BCUT2D eigenvalue weighted by Crippen LogP contribution is -2.29. The van der Waals surface area contributed by atoms with E-state index in [9.17, 15) is 0 Å². The smallest absolute Gasteiger partial charge is 0.213 e. The third-order valence-electron chi connectivity index (χ3n) is 1.77. The topological polar surface area (TPSA) is 56.8 Å². The highest BCUT2D eigenvalue weighted by Crippen LogP contribution is 2.06. The maximum atomic E-state index is 5.32. The molecule has 1 atom stereocenters. The third-order valence-corrected chi connectivity index (χ3v) is 1.77. The third kappa shape index (κ3) is 3.79. The van der Waals surface area contributed by atoms with Crippen molar-refractivity contribution in [2.45, 2.75) is 26.9 Å². The second kappa shape index (κ2) is 7.38. The molecule has 1 aliphatic heterocycles. The summed E-state index contributed by atoms with van der Waals surface area (Å²) in [6.45, 7) is 7.07. The number of nitrogens with zero attached hydrogens (tertiary/aromatic N) is 1. The van der Waals surface area contributed by atoms with E-state index in [-0.39, 0.29) is 6.10 Å². The lowest BCUT2D eigenvalue weighted by Gasteiger charge is -2.20. The minimum Gasteiger partial charge on any atom is -0.475 e. The largest absolute Gasteiger partial charge is 0.475 e. The molecule has 4 heteroatoms. The molecule has 0 amide bonds. The second-order valence-electron chi connectivity index (χ2n) is 2.66. The van der Waals surface area contributed by atoms with Gasteiger partial charge in [0.1, 0.15) is 12.7 Å². The van der Waals surface area contributed by atoms with Crippen LogP contribution in [0.3, 0.4) is 0 Å². The molecule has 14 heavy (non-hydrogen) atoms. The van der Waals surface area contributed by atoms with Crippen molar-refractivity contribution in [3.05, 3.63) is 11.8 Å². The van der Waals surface area contributed by atoms with E-state index in [2.05, 4.69) is 4.99 Å². The predicted molar refractivity (Wildman–Crippen MR) is 58.3 cm³/mol. The molecule has 0 bridgehead atoms. The highest BCUT2D eigenvalue weighted by Gasteiger charge is 2.16. The molecule has 4 nitrogen and oxygen atoms in total. The Bertz CT molecular complexity index is 212. The number of rotatable bonds is 2. The fraction of sp³-hybridized carbons (Fsp3) is 0.700. The first-order chi connectivity index (χ1) is 6.77. The van der Waals surface area contributed by atoms with E-state index in [1.165, 1.54) is 6.20 Å². The van der Waals surface area contributed by atoms with Crippen LogP contribution < -0.4 is 5.73 Å². The summed E-state index contributed by atoms with van der Waals surface area (Å²) in [5.41, 5.74) is 6.18. The number of ether oxygens (including phenoxy) is 2. The molecule has 82 valence electrons. The van der Waals surface area contributed by atoms with Crippen LogP contribution in [0.2, 0.25) is 0 Å². The molecule has 1 aliphatic rings. The van der Waals surface area contributed by atoms with Gasteiger partial charge in [0.2, 0.25) is 5.90 Å². The van der Waals surface area contributed by atoms with Gasteiger partial charge in [0.05, 0.1) is 6.54 Å². The van der Waals surface area contributed by atoms with Gasteiger partial charge in [-0.15, -0.1) is 0 Å². The quantitative estimate of drug-likeness (QED) is 0.731. The molecule has 0 saturated heterocycles. The van der Waals surface area contributed by atoms with Crippen molar-refractivity contribution in [1.29, 1.82) is 0 Å². The predicted octanol–water partition coefficient (Wildman–Crippen LogP) is 1.32. The first kappa shape index (κ1) is 13.0. The van der Waals surface area contributed by atoms with Gasteiger partial charge in [-0.25, -0.2) is 4.99 Å². The maximum Gasteiger partial charge on any atom is 0.213 e. The minimum absolute atomic E-state index is 0.0827. The van der Waals surface area contributed by atoms with E-state index in [1.807, 2.05) is 20.8 Å². The van der Waals surface area contributed by atoms with Crippen molar-refractivity contribution < 1.29 is 9.47 Å². The summed E-state index contributed by atoms with van der Waals surface area (Å²) in [7, 11) is 1.65. The lowest BCUT2D eigenvalue weighted by molar-refractivity contribution is 0.0505. The Kier molecular flexibility index (Phi) is 6.84. The van der Waals surface area contributed by atoms with Crippen LogP contribution in [-0.4, -0.2) is 32.3 Å². The molecule has 0 aromatic carbocycles. The molecule has 0 aliphatic carbocycles. The van der Waals surface area contributed by atoms with E-state index >= 15 is 0 Å². The zero-order chi connectivity index (χ0) is 11.0. The summed E-state index contributed by atoms with van der Waals surface area (Å²) in [6, 6.07) is 0. The van der Waals surface area contributed by atoms with Crippen LogP contribution in [0.4, 0.5) is 0 Å². The Hall–Kier alpha value is -1.03. The Morgan fingerprint density at radius 1 is 1.64 bits per heavy atom. The average Bonchev–Trinajstić information content (AvgIpc) is 2.31. The zero-order valence-corrected chi connectivity index (χ0v) is 9.41.